The molecule has 0 aliphatic carbocycles. The van der Waals surface area contributed by atoms with Gasteiger partial charge in [-0.25, -0.2) is 19.7 Å². The van der Waals surface area contributed by atoms with Crippen molar-refractivity contribution < 1.29 is 19.2 Å². The number of hydrogen-bond donors (Lipinski definition) is 6. The number of amides is 1. The van der Waals surface area contributed by atoms with E-state index in [0.29, 0.717) is 17.3 Å². The predicted octanol–water partition coefficient (Wildman–Crippen LogP) is -2.52. The van der Waals surface area contributed by atoms with Crippen LogP contribution in [0.25, 0.3) is 0 Å². The third-order valence-corrected chi connectivity index (χ3v) is 3.93. The Morgan fingerprint density at radius 3 is 2.58 bits per heavy atom. The molecule has 7 nitrogen and oxygen atoms in total. The van der Waals surface area contributed by atoms with Crippen LogP contribution in [0.2, 0.25) is 0 Å². The quantitative estimate of drug-likeness (QED) is 0.348. The smallest absolute Gasteiger partial charge is 0.319 e. The van der Waals surface area contributed by atoms with Gasteiger partial charge < -0.3 is 5.32 Å². The first-order valence-electron chi connectivity index (χ1n) is 7.33. The molecule has 0 saturated heterocycles. The lowest BCUT2D eigenvalue weighted by Gasteiger charge is -2.21. The third-order valence-electron chi connectivity index (χ3n) is 3.93. The maximum absolute atomic E-state index is 13.0. The predicted molar refractivity (Wildman–Crippen MR) is 86.0 cm³/mol. The van der Waals surface area contributed by atoms with E-state index in [4.69, 9.17) is 5.73 Å². The Morgan fingerprint density at radius 1 is 1.04 bits per heavy atom. The molecular weight excluding hydrogens is 311 g/mol. The summed E-state index contributed by atoms with van der Waals surface area (Å²) in [6.45, 7) is 0. The second-order valence-electron chi connectivity index (χ2n) is 5.55. The van der Waals surface area contributed by atoms with Crippen LogP contribution in [0.3, 0.4) is 0 Å². The fourth-order valence-corrected chi connectivity index (χ4v) is 2.86. The number of fused-ring (bicyclic) bond motifs is 2. The van der Waals surface area contributed by atoms with E-state index in [1.165, 1.54) is 12.1 Å². The number of carbonyl (C=O) groups is 1. The van der Waals surface area contributed by atoms with E-state index in [1.807, 2.05) is 24.3 Å². The van der Waals surface area contributed by atoms with Crippen LogP contribution in [0.15, 0.2) is 48.5 Å². The normalized spacial score (nSPS) is 21.5. The first-order valence-corrected chi connectivity index (χ1v) is 7.33. The molecule has 2 aromatic carbocycles. The first kappa shape index (κ1) is 14.2. The Hall–Kier alpha value is -3.42. The number of rotatable bonds is 1. The van der Waals surface area contributed by atoms with Gasteiger partial charge in [0.05, 0.1) is 16.9 Å². The SMILES string of the molecule is NC1=[NH+][C@]2([NH+]=C(Nc3ccc(F)cc3)N1)C(=O)Nc1ccccc12. The molecule has 8 heteroatoms. The minimum atomic E-state index is -1.21. The molecule has 0 fully saturated rings. The highest BCUT2D eigenvalue weighted by Gasteiger charge is 2.52. The number of carbonyl (C=O) groups excluding carboxylic acids is 1. The average molecular weight is 326 g/mol. The lowest BCUT2D eigenvalue weighted by Crippen LogP contribution is -3.14. The molecule has 24 heavy (non-hydrogen) atoms. The summed E-state index contributed by atoms with van der Waals surface area (Å²) >= 11 is 0. The van der Waals surface area contributed by atoms with E-state index in [1.54, 1.807) is 12.1 Å². The minimum absolute atomic E-state index is 0.213. The zero-order chi connectivity index (χ0) is 16.7. The standard InChI is InChI=1S/C16H13FN6O/c17-9-5-7-10(8-6-9)19-15-21-14(18)22-16(23-15)11-3-1-2-4-12(11)20-13(16)24/h1-8H,(H,20,24)(H4,18,19,21,22,23)/p+2/t16-/m1/s1. The summed E-state index contributed by atoms with van der Waals surface area (Å²) in [5, 5.41) is 8.75. The second kappa shape index (κ2) is 5.05. The Balaban J connectivity index is 1.76. The lowest BCUT2D eigenvalue weighted by atomic mass is 10.0. The molecule has 7 N–H and O–H groups in total. The number of anilines is 2. The van der Waals surface area contributed by atoms with Gasteiger partial charge in [0.15, 0.2) is 0 Å². The number of hydrogen-bond acceptors (Lipinski definition) is 4. The first-order chi connectivity index (χ1) is 11.6. The fourth-order valence-electron chi connectivity index (χ4n) is 2.86. The summed E-state index contributed by atoms with van der Waals surface area (Å²) in [5.41, 5.74) is 6.80. The van der Waals surface area contributed by atoms with Crippen LogP contribution < -0.4 is 31.7 Å². The van der Waals surface area contributed by atoms with Crippen molar-refractivity contribution in [2.45, 2.75) is 5.66 Å². The average Bonchev–Trinajstić information content (AvgIpc) is 2.81. The van der Waals surface area contributed by atoms with Crippen molar-refractivity contribution in [3.63, 3.8) is 0 Å². The van der Waals surface area contributed by atoms with Crippen LogP contribution in [-0.4, -0.2) is 17.8 Å². The Kier molecular flexibility index (Phi) is 2.99. The van der Waals surface area contributed by atoms with Crippen molar-refractivity contribution in [2.24, 2.45) is 5.73 Å². The molecule has 2 heterocycles. The summed E-state index contributed by atoms with van der Waals surface area (Å²) in [6.07, 6.45) is 0. The zero-order valence-corrected chi connectivity index (χ0v) is 12.5. The van der Waals surface area contributed by atoms with Crippen LogP contribution in [0, 0.1) is 5.82 Å². The Labute approximate surface area is 136 Å². The molecule has 120 valence electrons. The van der Waals surface area contributed by atoms with Crippen molar-refractivity contribution in [3.8, 4) is 0 Å². The number of para-hydroxylation sites is 1. The minimum Gasteiger partial charge on any atom is -0.319 e. The molecule has 4 rings (SSSR count). The van der Waals surface area contributed by atoms with Crippen molar-refractivity contribution >= 4 is 29.2 Å². The van der Waals surface area contributed by atoms with Gasteiger partial charge in [-0.3, -0.25) is 10.5 Å². The number of halogens is 1. The molecule has 0 aromatic heterocycles. The van der Waals surface area contributed by atoms with E-state index in [9.17, 15) is 9.18 Å². The molecule has 0 saturated carbocycles. The van der Waals surface area contributed by atoms with Crippen LogP contribution in [0.5, 0.6) is 0 Å². The number of guanidine groups is 2. The molecular formula is C16H15FN6O+2. The van der Waals surface area contributed by atoms with Gasteiger partial charge in [0.2, 0.25) is 0 Å². The molecule has 2 aliphatic rings. The van der Waals surface area contributed by atoms with Gasteiger partial charge in [0.1, 0.15) is 5.82 Å². The van der Waals surface area contributed by atoms with E-state index in [2.05, 4.69) is 25.9 Å². The highest BCUT2D eigenvalue weighted by Crippen LogP contribution is 2.27. The highest BCUT2D eigenvalue weighted by atomic mass is 19.1. The van der Waals surface area contributed by atoms with Gasteiger partial charge in [-0.1, -0.05) is 12.1 Å². The Bertz CT molecular complexity index is 892. The van der Waals surface area contributed by atoms with Crippen LogP contribution >= 0.6 is 0 Å². The number of nitrogens with one attached hydrogen (secondary N) is 5. The molecule has 2 aliphatic heterocycles. The molecule has 1 atom stereocenters. The van der Waals surface area contributed by atoms with E-state index >= 15 is 0 Å². The second-order valence-corrected chi connectivity index (χ2v) is 5.55. The van der Waals surface area contributed by atoms with Crippen LogP contribution in [0.4, 0.5) is 15.8 Å². The van der Waals surface area contributed by atoms with Gasteiger partial charge >= 0.3 is 23.5 Å². The topological polar surface area (TPSA) is 107 Å². The molecule has 0 bridgehead atoms. The summed E-state index contributed by atoms with van der Waals surface area (Å²) < 4.78 is 13.0. The summed E-state index contributed by atoms with van der Waals surface area (Å²) in [6, 6.07) is 13.2. The van der Waals surface area contributed by atoms with Crippen molar-refractivity contribution in [1.82, 2.24) is 5.32 Å². The van der Waals surface area contributed by atoms with Crippen molar-refractivity contribution in [3.05, 3.63) is 59.9 Å². The molecule has 1 amide bonds. The molecule has 1 spiro atoms. The monoisotopic (exact) mass is 326 g/mol. The fraction of sp³-hybridized carbons (Fsp3) is 0.0625. The van der Waals surface area contributed by atoms with E-state index < -0.39 is 5.66 Å². The summed E-state index contributed by atoms with van der Waals surface area (Å²) in [5.74, 6) is 0.0184. The van der Waals surface area contributed by atoms with Gasteiger partial charge in [-0.05, 0) is 36.4 Å². The van der Waals surface area contributed by atoms with Gasteiger partial charge in [-0.2, -0.15) is 5.32 Å². The largest absolute Gasteiger partial charge is 0.361 e. The van der Waals surface area contributed by atoms with Gasteiger partial charge in [0, 0.05) is 0 Å². The van der Waals surface area contributed by atoms with Crippen molar-refractivity contribution in [1.29, 1.82) is 0 Å². The Morgan fingerprint density at radius 2 is 1.79 bits per heavy atom. The van der Waals surface area contributed by atoms with Gasteiger partial charge in [0.25, 0.3) is 0 Å². The zero-order valence-electron chi connectivity index (χ0n) is 12.5. The van der Waals surface area contributed by atoms with Gasteiger partial charge in [-0.15, -0.1) is 0 Å². The highest BCUT2D eigenvalue weighted by molar-refractivity contribution is 6.06. The van der Waals surface area contributed by atoms with Crippen molar-refractivity contribution in [2.75, 3.05) is 10.6 Å². The summed E-state index contributed by atoms with van der Waals surface area (Å²) in [4.78, 5) is 18.6. The third kappa shape index (κ3) is 2.16. The molecule has 2 aromatic rings. The number of benzene rings is 2. The maximum Gasteiger partial charge on any atom is 0.361 e. The summed E-state index contributed by atoms with van der Waals surface area (Å²) in [7, 11) is 0. The van der Waals surface area contributed by atoms with Crippen LogP contribution in [-0.2, 0) is 10.5 Å². The lowest BCUT2D eigenvalue weighted by molar-refractivity contribution is -0.789. The molecule has 0 unspecified atom stereocenters. The van der Waals surface area contributed by atoms with E-state index in [0.717, 1.165) is 5.56 Å². The molecule has 0 radical (unpaired) electrons. The maximum atomic E-state index is 13.0. The van der Waals surface area contributed by atoms with Crippen LogP contribution in [0.1, 0.15) is 5.56 Å². The number of nitrogens with two attached hydrogens (primary N) is 1. The van der Waals surface area contributed by atoms with E-state index in [-0.39, 0.29) is 17.7 Å².